The maximum atomic E-state index is 13.2. The summed E-state index contributed by atoms with van der Waals surface area (Å²) in [6.07, 6.45) is 4.75. The molecule has 2 aliphatic rings. The Balaban J connectivity index is 1.68. The van der Waals surface area contributed by atoms with Gasteiger partial charge in [0.1, 0.15) is 0 Å². The van der Waals surface area contributed by atoms with Crippen LogP contribution in [0.15, 0.2) is 53.4 Å². The third-order valence-corrected chi connectivity index (χ3v) is 7.50. The van der Waals surface area contributed by atoms with Crippen molar-refractivity contribution in [1.82, 2.24) is 8.87 Å². The molecule has 0 spiro atoms. The monoisotopic (exact) mass is 366 g/mol. The summed E-state index contributed by atoms with van der Waals surface area (Å²) in [5, 5.41) is 1.07. The summed E-state index contributed by atoms with van der Waals surface area (Å²) >= 11 is 0. The van der Waals surface area contributed by atoms with Crippen LogP contribution in [0.4, 0.5) is 0 Å². The summed E-state index contributed by atoms with van der Waals surface area (Å²) in [5.74, 6) is 0. The predicted molar refractivity (Wildman–Crippen MR) is 104 cm³/mol. The van der Waals surface area contributed by atoms with E-state index in [1.165, 1.54) is 24.8 Å². The number of aromatic nitrogens is 1. The van der Waals surface area contributed by atoms with Crippen LogP contribution < -0.4 is 0 Å². The Labute approximate surface area is 154 Å². The summed E-state index contributed by atoms with van der Waals surface area (Å²) in [4.78, 5) is 2.94. The van der Waals surface area contributed by atoms with Gasteiger partial charge in [-0.1, -0.05) is 42.8 Å². The lowest BCUT2D eigenvalue weighted by atomic mass is 10.0. The van der Waals surface area contributed by atoms with Gasteiger partial charge in [-0.25, -0.2) is 12.4 Å². The molecule has 0 bridgehead atoms. The zero-order valence-corrected chi connectivity index (χ0v) is 15.5. The lowest BCUT2D eigenvalue weighted by Crippen LogP contribution is -2.31. The molecular formula is C21H22N2O2S. The second-order valence-electron chi connectivity index (χ2n) is 7.26. The Morgan fingerprint density at radius 3 is 2.46 bits per heavy atom. The van der Waals surface area contributed by atoms with Crippen LogP contribution in [-0.2, 0) is 16.4 Å². The SMILES string of the molecule is O=S1(=O)c2ccccc2-c2c(CCN3CCCCC3)c3ccccc3n21. The molecule has 1 saturated heterocycles. The smallest absolute Gasteiger partial charge is 0.269 e. The normalized spacial score (nSPS) is 18.8. The van der Waals surface area contributed by atoms with E-state index in [1.807, 2.05) is 30.3 Å². The van der Waals surface area contributed by atoms with Crippen molar-refractivity contribution < 1.29 is 8.42 Å². The van der Waals surface area contributed by atoms with Crippen LogP contribution in [0.3, 0.4) is 0 Å². The number of piperidine rings is 1. The van der Waals surface area contributed by atoms with Gasteiger partial charge in [0.25, 0.3) is 10.0 Å². The number of para-hydroxylation sites is 1. The fraction of sp³-hybridized carbons (Fsp3) is 0.333. The van der Waals surface area contributed by atoms with Crippen LogP contribution in [-0.4, -0.2) is 36.9 Å². The first-order valence-electron chi connectivity index (χ1n) is 9.37. The second-order valence-corrected chi connectivity index (χ2v) is 9.02. The van der Waals surface area contributed by atoms with Crippen LogP contribution >= 0.6 is 0 Å². The molecule has 3 heterocycles. The molecule has 0 N–H and O–H groups in total. The van der Waals surface area contributed by atoms with Gasteiger partial charge >= 0.3 is 0 Å². The van der Waals surface area contributed by atoms with Gasteiger partial charge in [0.15, 0.2) is 0 Å². The second kappa shape index (κ2) is 5.96. The highest BCUT2D eigenvalue weighted by molar-refractivity contribution is 7.90. The van der Waals surface area contributed by atoms with E-state index in [0.29, 0.717) is 4.90 Å². The minimum absolute atomic E-state index is 0.431. The van der Waals surface area contributed by atoms with Gasteiger partial charge < -0.3 is 4.90 Å². The van der Waals surface area contributed by atoms with Crippen molar-refractivity contribution in [3.8, 4) is 11.3 Å². The standard InChI is InChI=1S/C21H22N2O2S/c24-26(25)20-11-5-3-9-18(20)21-17(12-15-22-13-6-1-7-14-22)16-8-2-4-10-19(16)23(21)26/h2-5,8-11H,1,6-7,12-15H2. The first-order chi connectivity index (χ1) is 12.7. The van der Waals surface area contributed by atoms with Crippen molar-refractivity contribution >= 4 is 20.9 Å². The quantitative estimate of drug-likeness (QED) is 0.552. The highest BCUT2D eigenvalue weighted by Crippen LogP contribution is 2.44. The molecule has 4 nitrogen and oxygen atoms in total. The molecule has 1 aromatic heterocycles. The minimum Gasteiger partial charge on any atom is -0.303 e. The van der Waals surface area contributed by atoms with Crippen molar-refractivity contribution in [2.45, 2.75) is 30.6 Å². The predicted octanol–water partition coefficient (Wildman–Crippen LogP) is 3.89. The first-order valence-corrected chi connectivity index (χ1v) is 10.8. The van der Waals surface area contributed by atoms with E-state index in [-0.39, 0.29) is 0 Å². The molecule has 26 heavy (non-hydrogen) atoms. The summed E-state index contributed by atoms with van der Waals surface area (Å²) < 4.78 is 27.9. The van der Waals surface area contributed by atoms with Crippen molar-refractivity contribution in [3.63, 3.8) is 0 Å². The van der Waals surface area contributed by atoms with Crippen molar-refractivity contribution in [2.75, 3.05) is 19.6 Å². The van der Waals surface area contributed by atoms with E-state index in [2.05, 4.69) is 11.0 Å². The van der Waals surface area contributed by atoms with Gasteiger partial charge in [-0.15, -0.1) is 0 Å². The third-order valence-electron chi connectivity index (χ3n) is 5.72. The van der Waals surface area contributed by atoms with E-state index < -0.39 is 10.0 Å². The van der Waals surface area contributed by atoms with Gasteiger partial charge in [-0.3, -0.25) is 0 Å². The lowest BCUT2D eigenvalue weighted by Gasteiger charge is -2.26. The number of benzene rings is 2. The highest BCUT2D eigenvalue weighted by atomic mass is 32.2. The molecule has 0 unspecified atom stereocenters. The number of fused-ring (bicyclic) bond motifs is 5. The topological polar surface area (TPSA) is 42.3 Å². The number of likely N-dealkylation sites (tertiary alicyclic amines) is 1. The number of hydrogen-bond acceptors (Lipinski definition) is 3. The molecule has 2 aromatic carbocycles. The van der Waals surface area contributed by atoms with Crippen molar-refractivity contribution in [2.24, 2.45) is 0 Å². The molecule has 0 aliphatic carbocycles. The Morgan fingerprint density at radius 1 is 0.885 bits per heavy atom. The molecule has 5 heteroatoms. The first kappa shape index (κ1) is 16.1. The molecule has 5 rings (SSSR count). The summed E-state index contributed by atoms with van der Waals surface area (Å²) in [7, 11) is -3.51. The van der Waals surface area contributed by atoms with Crippen molar-refractivity contribution in [3.05, 3.63) is 54.1 Å². The van der Waals surface area contributed by atoms with E-state index in [0.717, 1.165) is 48.2 Å². The van der Waals surface area contributed by atoms with Crippen LogP contribution in [0.1, 0.15) is 24.8 Å². The van der Waals surface area contributed by atoms with Gasteiger partial charge in [0.2, 0.25) is 0 Å². The van der Waals surface area contributed by atoms with Gasteiger partial charge in [0, 0.05) is 17.5 Å². The minimum atomic E-state index is -3.51. The van der Waals surface area contributed by atoms with E-state index in [4.69, 9.17) is 0 Å². The molecule has 134 valence electrons. The molecule has 0 radical (unpaired) electrons. The Morgan fingerprint density at radius 2 is 1.62 bits per heavy atom. The number of nitrogens with zero attached hydrogens (tertiary/aromatic N) is 2. The Hall–Kier alpha value is -2.11. The van der Waals surface area contributed by atoms with E-state index in [9.17, 15) is 8.42 Å². The maximum Gasteiger partial charge on any atom is 0.269 e. The molecule has 0 amide bonds. The Bertz CT molecular complexity index is 1090. The largest absolute Gasteiger partial charge is 0.303 e. The zero-order chi connectivity index (χ0) is 17.7. The average Bonchev–Trinajstić information content (AvgIpc) is 3.13. The number of hydrogen-bond donors (Lipinski definition) is 0. The molecule has 0 atom stereocenters. The van der Waals surface area contributed by atoms with Gasteiger partial charge in [-0.05, 0) is 50.0 Å². The fourth-order valence-electron chi connectivity index (χ4n) is 4.49. The van der Waals surface area contributed by atoms with E-state index >= 15 is 0 Å². The molecule has 0 saturated carbocycles. The molecule has 2 aliphatic heterocycles. The fourth-order valence-corrected chi connectivity index (χ4v) is 6.25. The maximum absolute atomic E-state index is 13.2. The Kier molecular flexibility index (Phi) is 3.69. The summed E-state index contributed by atoms with van der Waals surface area (Å²) in [6, 6.07) is 15.3. The van der Waals surface area contributed by atoms with Crippen LogP contribution in [0.25, 0.3) is 22.2 Å². The summed E-state index contributed by atoms with van der Waals surface area (Å²) in [5.41, 5.74) is 3.68. The number of rotatable bonds is 3. The molecular weight excluding hydrogens is 344 g/mol. The van der Waals surface area contributed by atoms with Gasteiger partial charge in [-0.2, -0.15) is 0 Å². The zero-order valence-electron chi connectivity index (χ0n) is 14.7. The summed E-state index contributed by atoms with van der Waals surface area (Å²) in [6.45, 7) is 3.30. The van der Waals surface area contributed by atoms with Crippen molar-refractivity contribution in [1.29, 1.82) is 0 Å². The molecule has 3 aromatic rings. The highest BCUT2D eigenvalue weighted by Gasteiger charge is 2.36. The van der Waals surface area contributed by atoms with Crippen LogP contribution in [0.5, 0.6) is 0 Å². The van der Waals surface area contributed by atoms with Crippen LogP contribution in [0, 0.1) is 0 Å². The van der Waals surface area contributed by atoms with Gasteiger partial charge in [0.05, 0.1) is 16.1 Å². The van der Waals surface area contributed by atoms with Crippen LogP contribution in [0.2, 0.25) is 0 Å². The molecule has 1 fully saturated rings. The average molecular weight is 366 g/mol. The lowest BCUT2D eigenvalue weighted by molar-refractivity contribution is 0.232. The third kappa shape index (κ3) is 2.27. The van der Waals surface area contributed by atoms with E-state index in [1.54, 1.807) is 16.1 Å².